The minimum Gasteiger partial charge on any atom is -0.389 e. The third-order valence-electron chi connectivity index (χ3n) is 5.58. The zero-order valence-electron chi connectivity index (χ0n) is 11.5. The van der Waals surface area contributed by atoms with Crippen molar-refractivity contribution in [3.05, 3.63) is 0 Å². The summed E-state index contributed by atoms with van der Waals surface area (Å²) in [6, 6.07) is 0. The van der Waals surface area contributed by atoms with Gasteiger partial charge in [-0.15, -0.1) is 0 Å². The van der Waals surface area contributed by atoms with Crippen LogP contribution in [0.4, 0.5) is 0 Å². The van der Waals surface area contributed by atoms with E-state index in [0.29, 0.717) is 18.4 Å². The van der Waals surface area contributed by atoms with Gasteiger partial charge in [-0.2, -0.15) is 0 Å². The lowest BCUT2D eigenvalue weighted by Gasteiger charge is -2.57. The van der Waals surface area contributed by atoms with Gasteiger partial charge in [0.25, 0.3) is 0 Å². The van der Waals surface area contributed by atoms with Crippen molar-refractivity contribution in [2.45, 2.75) is 70.8 Å². The third kappa shape index (κ3) is 2.26. The largest absolute Gasteiger partial charge is 0.389 e. The summed E-state index contributed by atoms with van der Waals surface area (Å²) >= 11 is 0. The van der Waals surface area contributed by atoms with Gasteiger partial charge in [0, 0.05) is 12.0 Å². The van der Waals surface area contributed by atoms with Crippen molar-refractivity contribution in [3.8, 4) is 0 Å². The second-order valence-corrected chi connectivity index (χ2v) is 6.84. The summed E-state index contributed by atoms with van der Waals surface area (Å²) in [5, 5.41) is 10.9. The molecule has 100 valence electrons. The van der Waals surface area contributed by atoms with Crippen LogP contribution in [-0.4, -0.2) is 17.3 Å². The van der Waals surface area contributed by atoms with Crippen LogP contribution in [0.25, 0.3) is 0 Å². The smallest absolute Gasteiger partial charge is 0.0721 e. The molecule has 0 heterocycles. The minimum atomic E-state index is -0.443. The molecule has 0 bridgehead atoms. The highest BCUT2D eigenvalue weighted by atomic mass is 16.3. The van der Waals surface area contributed by atoms with Crippen molar-refractivity contribution in [2.24, 2.45) is 23.0 Å². The molecule has 2 heteroatoms. The average Bonchev–Trinajstić information content (AvgIpc) is 2.50. The molecule has 0 spiro atoms. The second-order valence-electron chi connectivity index (χ2n) is 6.84. The molecule has 0 aromatic carbocycles. The van der Waals surface area contributed by atoms with Gasteiger partial charge in [-0.25, -0.2) is 0 Å². The van der Waals surface area contributed by atoms with E-state index in [9.17, 15) is 5.11 Å². The first-order chi connectivity index (χ1) is 8.03. The molecule has 17 heavy (non-hydrogen) atoms. The maximum absolute atomic E-state index is 10.9. The second kappa shape index (κ2) is 4.89. The van der Waals surface area contributed by atoms with E-state index in [-0.39, 0.29) is 5.41 Å². The first kappa shape index (κ1) is 13.4. The average molecular weight is 239 g/mol. The van der Waals surface area contributed by atoms with E-state index >= 15 is 0 Å². The fourth-order valence-corrected chi connectivity index (χ4v) is 3.98. The van der Waals surface area contributed by atoms with E-state index in [2.05, 4.69) is 13.8 Å². The molecule has 2 fully saturated rings. The van der Waals surface area contributed by atoms with Gasteiger partial charge >= 0.3 is 0 Å². The maximum Gasteiger partial charge on any atom is 0.0721 e. The molecule has 0 radical (unpaired) electrons. The molecular formula is C15H29NO. The van der Waals surface area contributed by atoms with Gasteiger partial charge in [0.1, 0.15) is 0 Å². The minimum absolute atomic E-state index is 0.0366. The summed E-state index contributed by atoms with van der Waals surface area (Å²) in [6.45, 7) is 5.22. The highest BCUT2D eigenvalue weighted by Gasteiger charge is 2.56. The van der Waals surface area contributed by atoms with Gasteiger partial charge in [0.15, 0.2) is 0 Å². The van der Waals surface area contributed by atoms with Crippen molar-refractivity contribution in [1.29, 1.82) is 0 Å². The van der Waals surface area contributed by atoms with Crippen LogP contribution >= 0.6 is 0 Å². The lowest BCUT2D eigenvalue weighted by Crippen LogP contribution is -2.60. The summed E-state index contributed by atoms with van der Waals surface area (Å²) in [5.74, 6) is 1.42. The van der Waals surface area contributed by atoms with Crippen LogP contribution in [0.15, 0.2) is 0 Å². The Balaban J connectivity index is 2.07. The van der Waals surface area contributed by atoms with Crippen LogP contribution in [0.2, 0.25) is 0 Å². The Morgan fingerprint density at radius 2 is 1.65 bits per heavy atom. The first-order valence-corrected chi connectivity index (χ1v) is 7.45. The fourth-order valence-electron chi connectivity index (χ4n) is 3.98. The van der Waals surface area contributed by atoms with Gasteiger partial charge in [-0.05, 0) is 37.5 Å². The molecule has 0 unspecified atom stereocenters. The summed E-state index contributed by atoms with van der Waals surface area (Å²) in [7, 11) is 0. The summed E-state index contributed by atoms with van der Waals surface area (Å²) in [4.78, 5) is 0. The molecule has 0 aliphatic heterocycles. The first-order valence-electron chi connectivity index (χ1n) is 7.45. The lowest BCUT2D eigenvalue weighted by molar-refractivity contribution is -0.178. The molecule has 2 saturated carbocycles. The fraction of sp³-hybridized carbons (Fsp3) is 1.00. The van der Waals surface area contributed by atoms with E-state index < -0.39 is 5.60 Å². The van der Waals surface area contributed by atoms with Gasteiger partial charge < -0.3 is 10.8 Å². The maximum atomic E-state index is 10.9. The van der Waals surface area contributed by atoms with Crippen molar-refractivity contribution >= 4 is 0 Å². The molecule has 0 amide bonds. The molecule has 0 saturated heterocycles. The Morgan fingerprint density at radius 1 is 1.12 bits per heavy atom. The molecule has 0 aromatic rings. The number of nitrogens with two attached hydrogens (primary N) is 1. The number of aliphatic hydroxyl groups is 1. The van der Waals surface area contributed by atoms with Crippen LogP contribution in [0.5, 0.6) is 0 Å². The Morgan fingerprint density at radius 3 is 2.06 bits per heavy atom. The van der Waals surface area contributed by atoms with Crippen molar-refractivity contribution in [3.63, 3.8) is 0 Å². The van der Waals surface area contributed by atoms with Gasteiger partial charge in [-0.1, -0.05) is 39.5 Å². The number of hydrogen-bond donors (Lipinski definition) is 2. The predicted molar refractivity (Wildman–Crippen MR) is 71.7 cm³/mol. The van der Waals surface area contributed by atoms with Crippen LogP contribution in [-0.2, 0) is 0 Å². The van der Waals surface area contributed by atoms with Crippen LogP contribution < -0.4 is 5.73 Å². The summed E-state index contributed by atoms with van der Waals surface area (Å²) in [6.07, 6.45) is 9.42. The Bertz CT molecular complexity index is 248. The van der Waals surface area contributed by atoms with E-state index in [1.54, 1.807) is 0 Å². The summed E-state index contributed by atoms with van der Waals surface area (Å²) in [5.41, 5.74) is 5.66. The predicted octanol–water partition coefficient (Wildman–Crippen LogP) is 3.08. The van der Waals surface area contributed by atoms with E-state index in [0.717, 1.165) is 25.7 Å². The summed E-state index contributed by atoms with van der Waals surface area (Å²) < 4.78 is 0. The van der Waals surface area contributed by atoms with Crippen LogP contribution in [0.1, 0.15) is 65.2 Å². The van der Waals surface area contributed by atoms with Crippen LogP contribution in [0.3, 0.4) is 0 Å². The monoisotopic (exact) mass is 239 g/mol. The number of rotatable bonds is 3. The Hall–Kier alpha value is -0.0800. The van der Waals surface area contributed by atoms with Crippen molar-refractivity contribution in [1.82, 2.24) is 0 Å². The molecular weight excluding hydrogens is 210 g/mol. The molecule has 2 aliphatic carbocycles. The van der Waals surface area contributed by atoms with E-state index in [1.165, 1.54) is 25.7 Å². The third-order valence-corrected chi connectivity index (χ3v) is 5.58. The van der Waals surface area contributed by atoms with E-state index in [1.807, 2.05) is 0 Å². The molecule has 2 nitrogen and oxygen atoms in total. The normalized spacial score (nSPS) is 37.6. The topological polar surface area (TPSA) is 46.2 Å². The standard InChI is InChI=1S/C15H29NO/c1-12(2)13-9-15(17,10-13)14(11-16)7-5-3-4-6-8-14/h12-13,17H,3-11,16H2,1-2H3. The highest BCUT2D eigenvalue weighted by Crippen LogP contribution is 2.56. The molecule has 0 atom stereocenters. The SMILES string of the molecule is CC(C)C1CC(O)(C2(CN)CCCCCC2)C1. The molecule has 2 aliphatic rings. The molecule has 3 N–H and O–H groups in total. The molecule has 0 aromatic heterocycles. The number of hydrogen-bond acceptors (Lipinski definition) is 2. The van der Waals surface area contributed by atoms with Crippen molar-refractivity contribution < 1.29 is 5.11 Å². The Kier molecular flexibility index (Phi) is 3.84. The zero-order valence-corrected chi connectivity index (χ0v) is 11.5. The van der Waals surface area contributed by atoms with Gasteiger partial charge in [0.2, 0.25) is 0 Å². The zero-order chi connectivity index (χ0) is 12.5. The quantitative estimate of drug-likeness (QED) is 0.743. The van der Waals surface area contributed by atoms with Gasteiger partial charge in [0.05, 0.1) is 5.60 Å². The van der Waals surface area contributed by atoms with Crippen LogP contribution in [0, 0.1) is 17.3 Å². The Labute approximate surface area is 106 Å². The van der Waals surface area contributed by atoms with Gasteiger partial charge in [-0.3, -0.25) is 0 Å². The van der Waals surface area contributed by atoms with E-state index in [4.69, 9.17) is 5.73 Å². The molecule has 2 rings (SSSR count). The van der Waals surface area contributed by atoms with Crippen molar-refractivity contribution in [2.75, 3.05) is 6.54 Å². The lowest BCUT2D eigenvalue weighted by atomic mass is 9.52. The highest BCUT2D eigenvalue weighted by molar-refractivity contribution is 5.08.